The minimum Gasteiger partial charge on any atom is -0.508 e. The van der Waals surface area contributed by atoms with Gasteiger partial charge in [-0.2, -0.15) is 15.4 Å². The zero-order valence-corrected chi connectivity index (χ0v) is 14.9. The van der Waals surface area contributed by atoms with Crippen LogP contribution in [0.1, 0.15) is 18.4 Å². The Morgan fingerprint density at radius 2 is 2.11 bits per heavy atom. The number of amides is 2. The summed E-state index contributed by atoms with van der Waals surface area (Å²) in [6.07, 6.45) is 1.97. The maximum atomic E-state index is 12.3. The van der Waals surface area contributed by atoms with E-state index >= 15 is 0 Å². The number of aromatic hydroxyl groups is 1. The van der Waals surface area contributed by atoms with Crippen molar-refractivity contribution in [2.24, 2.45) is 0 Å². The van der Waals surface area contributed by atoms with E-state index < -0.39 is 0 Å². The number of aromatic nitrogens is 3. The molecule has 1 atom stereocenters. The number of H-pyrrole nitrogens is 1. The standard InChI is InChI=1S/C19H22N6O2/c26-16-5-1-3-13(9-16)11-25-8-2-4-15(12-25)21-19(27)20-14-6-7-17-18(10-14)23-24-22-17/h1,3,5-7,9-10,15,26H,2,4,8,11-12H2,(H2,20,21,27)(H,22,23,24). The van der Waals surface area contributed by atoms with Gasteiger partial charge in [-0.05, 0) is 55.3 Å². The van der Waals surface area contributed by atoms with Gasteiger partial charge in [0.05, 0.1) is 0 Å². The number of phenols is 1. The van der Waals surface area contributed by atoms with Crippen molar-refractivity contribution in [2.45, 2.75) is 25.4 Å². The summed E-state index contributed by atoms with van der Waals surface area (Å²) in [5.41, 5.74) is 3.22. The molecular weight excluding hydrogens is 344 g/mol. The Balaban J connectivity index is 1.32. The molecule has 0 bridgehead atoms. The van der Waals surface area contributed by atoms with Gasteiger partial charge in [-0.1, -0.05) is 12.1 Å². The SMILES string of the molecule is O=C(Nc1ccc2n[nH]nc2c1)NC1CCCN(Cc2cccc(O)c2)C1. The second-order valence-corrected chi connectivity index (χ2v) is 6.87. The number of fused-ring (bicyclic) bond motifs is 1. The van der Waals surface area contributed by atoms with Gasteiger partial charge in [-0.25, -0.2) is 4.79 Å². The third-order valence-corrected chi connectivity index (χ3v) is 4.73. The number of piperidine rings is 1. The fourth-order valence-corrected chi connectivity index (χ4v) is 3.50. The maximum absolute atomic E-state index is 12.3. The Kier molecular flexibility index (Phi) is 4.88. The molecule has 3 aromatic rings. The normalized spacial score (nSPS) is 17.7. The van der Waals surface area contributed by atoms with E-state index in [-0.39, 0.29) is 17.8 Å². The van der Waals surface area contributed by atoms with Crippen molar-refractivity contribution < 1.29 is 9.90 Å². The average Bonchev–Trinajstić information content (AvgIpc) is 3.09. The van der Waals surface area contributed by atoms with Crippen LogP contribution in [-0.4, -0.2) is 50.6 Å². The Morgan fingerprint density at radius 1 is 1.22 bits per heavy atom. The Morgan fingerprint density at radius 3 is 3.00 bits per heavy atom. The molecule has 4 rings (SSSR count). The number of benzene rings is 2. The first-order chi connectivity index (χ1) is 13.2. The molecule has 1 saturated heterocycles. The minimum atomic E-state index is -0.220. The predicted octanol–water partition coefficient (Wildman–Crippen LogP) is 2.45. The highest BCUT2D eigenvalue weighted by molar-refractivity contribution is 5.91. The minimum absolute atomic E-state index is 0.0897. The second kappa shape index (κ2) is 7.63. The molecule has 8 heteroatoms. The summed E-state index contributed by atoms with van der Waals surface area (Å²) >= 11 is 0. The van der Waals surface area contributed by atoms with Crippen molar-refractivity contribution in [1.82, 2.24) is 25.6 Å². The molecule has 2 amide bonds. The molecule has 0 saturated carbocycles. The molecule has 2 heterocycles. The van der Waals surface area contributed by atoms with Crippen molar-refractivity contribution >= 4 is 22.8 Å². The number of carbonyl (C=O) groups is 1. The second-order valence-electron chi connectivity index (χ2n) is 6.87. The quantitative estimate of drug-likeness (QED) is 0.567. The highest BCUT2D eigenvalue weighted by Crippen LogP contribution is 2.18. The summed E-state index contributed by atoms with van der Waals surface area (Å²) in [5, 5.41) is 26.1. The molecule has 2 aromatic carbocycles. The molecule has 8 nitrogen and oxygen atoms in total. The van der Waals surface area contributed by atoms with Crippen molar-refractivity contribution in [2.75, 3.05) is 18.4 Å². The van der Waals surface area contributed by atoms with E-state index in [1.54, 1.807) is 24.3 Å². The maximum Gasteiger partial charge on any atom is 0.319 e. The number of urea groups is 1. The first kappa shape index (κ1) is 17.3. The third kappa shape index (κ3) is 4.35. The summed E-state index contributed by atoms with van der Waals surface area (Å²) in [7, 11) is 0. The molecule has 1 fully saturated rings. The van der Waals surface area contributed by atoms with Crippen molar-refractivity contribution in [3.63, 3.8) is 0 Å². The third-order valence-electron chi connectivity index (χ3n) is 4.73. The van der Waals surface area contributed by atoms with Crippen LogP contribution in [0.2, 0.25) is 0 Å². The van der Waals surface area contributed by atoms with Crippen LogP contribution in [0.25, 0.3) is 11.0 Å². The van der Waals surface area contributed by atoms with Crippen LogP contribution in [0.4, 0.5) is 10.5 Å². The number of aromatic amines is 1. The molecule has 1 unspecified atom stereocenters. The fraction of sp³-hybridized carbons (Fsp3) is 0.316. The Labute approximate surface area is 156 Å². The molecule has 0 aliphatic carbocycles. The van der Waals surface area contributed by atoms with Crippen molar-refractivity contribution in [3.05, 3.63) is 48.0 Å². The predicted molar refractivity (Wildman–Crippen MR) is 102 cm³/mol. The summed E-state index contributed by atoms with van der Waals surface area (Å²) in [4.78, 5) is 14.6. The summed E-state index contributed by atoms with van der Waals surface area (Å²) < 4.78 is 0. The van der Waals surface area contributed by atoms with E-state index in [9.17, 15) is 9.90 Å². The van der Waals surface area contributed by atoms with E-state index in [0.29, 0.717) is 11.2 Å². The van der Waals surface area contributed by atoms with Crippen LogP contribution in [0, 0.1) is 0 Å². The fourth-order valence-electron chi connectivity index (χ4n) is 3.50. The van der Waals surface area contributed by atoms with Crippen LogP contribution >= 0.6 is 0 Å². The molecule has 140 valence electrons. The Bertz CT molecular complexity index is 941. The Hall–Kier alpha value is -3.13. The van der Waals surface area contributed by atoms with Gasteiger partial charge in [-0.3, -0.25) is 4.90 Å². The number of anilines is 1. The zero-order valence-electron chi connectivity index (χ0n) is 14.9. The summed E-state index contributed by atoms with van der Waals surface area (Å²) in [6.45, 7) is 2.53. The van der Waals surface area contributed by atoms with Gasteiger partial charge in [0.2, 0.25) is 0 Å². The zero-order chi connectivity index (χ0) is 18.6. The number of carbonyl (C=O) groups excluding carboxylic acids is 1. The summed E-state index contributed by atoms with van der Waals surface area (Å²) in [5.74, 6) is 0.280. The van der Waals surface area contributed by atoms with Crippen LogP contribution < -0.4 is 10.6 Å². The molecule has 27 heavy (non-hydrogen) atoms. The van der Waals surface area contributed by atoms with Crippen LogP contribution in [-0.2, 0) is 6.54 Å². The highest BCUT2D eigenvalue weighted by atomic mass is 16.3. The lowest BCUT2D eigenvalue weighted by atomic mass is 10.0. The number of likely N-dealkylation sites (tertiary alicyclic amines) is 1. The van der Waals surface area contributed by atoms with Crippen molar-refractivity contribution in [1.29, 1.82) is 0 Å². The van der Waals surface area contributed by atoms with Crippen LogP contribution in [0.3, 0.4) is 0 Å². The van der Waals surface area contributed by atoms with Crippen LogP contribution in [0.5, 0.6) is 5.75 Å². The van der Waals surface area contributed by atoms with E-state index in [0.717, 1.165) is 43.6 Å². The molecule has 1 aliphatic rings. The molecule has 1 aliphatic heterocycles. The average molecular weight is 366 g/mol. The monoisotopic (exact) mass is 366 g/mol. The van der Waals surface area contributed by atoms with Gasteiger partial charge in [-0.15, -0.1) is 0 Å². The number of rotatable bonds is 4. The molecular formula is C19H22N6O2. The number of nitrogens with zero attached hydrogens (tertiary/aromatic N) is 3. The lowest BCUT2D eigenvalue weighted by Gasteiger charge is -2.33. The smallest absolute Gasteiger partial charge is 0.319 e. The molecule has 0 radical (unpaired) electrons. The topological polar surface area (TPSA) is 106 Å². The first-order valence-corrected chi connectivity index (χ1v) is 9.04. The van der Waals surface area contributed by atoms with E-state index in [1.165, 1.54) is 0 Å². The van der Waals surface area contributed by atoms with Gasteiger partial charge in [0.25, 0.3) is 0 Å². The summed E-state index contributed by atoms with van der Waals surface area (Å²) in [6, 6.07) is 12.6. The van der Waals surface area contributed by atoms with Gasteiger partial charge >= 0.3 is 6.03 Å². The van der Waals surface area contributed by atoms with E-state index in [4.69, 9.17) is 0 Å². The first-order valence-electron chi connectivity index (χ1n) is 9.04. The lowest BCUT2D eigenvalue weighted by Crippen LogP contribution is -2.48. The number of phenolic OH excluding ortho intramolecular Hbond substituents is 1. The lowest BCUT2D eigenvalue weighted by molar-refractivity contribution is 0.183. The van der Waals surface area contributed by atoms with Gasteiger partial charge in [0.1, 0.15) is 16.8 Å². The molecule has 4 N–H and O–H groups in total. The number of hydrogen-bond acceptors (Lipinski definition) is 5. The molecule has 1 aromatic heterocycles. The number of hydrogen-bond donors (Lipinski definition) is 4. The highest BCUT2D eigenvalue weighted by Gasteiger charge is 2.21. The van der Waals surface area contributed by atoms with Gasteiger partial charge in [0, 0.05) is 24.8 Å². The van der Waals surface area contributed by atoms with Gasteiger partial charge in [0.15, 0.2) is 0 Å². The van der Waals surface area contributed by atoms with Crippen LogP contribution in [0.15, 0.2) is 42.5 Å². The largest absolute Gasteiger partial charge is 0.508 e. The number of nitrogens with one attached hydrogen (secondary N) is 3. The van der Waals surface area contributed by atoms with Gasteiger partial charge < -0.3 is 15.7 Å². The van der Waals surface area contributed by atoms with E-state index in [1.807, 2.05) is 18.2 Å². The van der Waals surface area contributed by atoms with Crippen molar-refractivity contribution in [3.8, 4) is 5.75 Å². The van der Waals surface area contributed by atoms with E-state index in [2.05, 4.69) is 30.9 Å². The molecule has 0 spiro atoms.